The Morgan fingerprint density at radius 2 is 1.63 bits per heavy atom. The minimum atomic E-state index is -1.05. The second-order valence-electron chi connectivity index (χ2n) is 10.6. The van der Waals surface area contributed by atoms with Crippen molar-refractivity contribution in [1.29, 1.82) is 0 Å². The number of rotatable bonds is 6. The summed E-state index contributed by atoms with van der Waals surface area (Å²) in [5.41, 5.74) is 4.54. The number of nitrogens with zero attached hydrogens (tertiary/aromatic N) is 2. The zero-order valence-corrected chi connectivity index (χ0v) is 23.4. The quantitative estimate of drug-likeness (QED) is 0.480. The molecular formula is C33H38N2O6. The van der Waals surface area contributed by atoms with E-state index in [-0.39, 0.29) is 19.0 Å². The van der Waals surface area contributed by atoms with E-state index in [1.807, 2.05) is 42.5 Å². The average Bonchev–Trinajstić information content (AvgIpc) is 2.99. The van der Waals surface area contributed by atoms with Gasteiger partial charge in [-0.1, -0.05) is 54.6 Å². The maximum absolute atomic E-state index is 13.6. The number of aliphatic carboxylic acids is 1. The topological polar surface area (TPSA) is 88.5 Å². The van der Waals surface area contributed by atoms with E-state index in [4.69, 9.17) is 14.2 Å². The molecule has 2 aliphatic rings. The minimum absolute atomic E-state index is 0.211. The van der Waals surface area contributed by atoms with Gasteiger partial charge in [0.25, 0.3) is 5.91 Å². The standard InChI is InChI=1S/C33H38N2O6/c36-32(37)24-35(22-25-5-2-1-3-6-25)33(38)28-9-10-31-29(21-28)20-26-7-4-8-27(19-26)23-34(13-16-40-17-18-41-31)30-11-14-39-15-12-30/h1-10,19,21,30H,11-18,20,22-24H2,(H,36,37). The molecule has 2 heterocycles. The molecule has 0 spiro atoms. The van der Waals surface area contributed by atoms with Crippen molar-refractivity contribution in [2.75, 3.05) is 46.1 Å². The molecular weight excluding hydrogens is 520 g/mol. The minimum Gasteiger partial charge on any atom is -0.491 e. The first-order chi connectivity index (χ1) is 20.0. The van der Waals surface area contributed by atoms with Gasteiger partial charge < -0.3 is 24.2 Å². The van der Waals surface area contributed by atoms with Crippen LogP contribution in [0.2, 0.25) is 0 Å². The lowest BCUT2D eigenvalue weighted by Crippen LogP contribution is -2.41. The number of benzene rings is 3. The lowest BCUT2D eigenvalue weighted by molar-refractivity contribution is -0.137. The van der Waals surface area contributed by atoms with Crippen LogP contribution in [0, 0.1) is 0 Å². The van der Waals surface area contributed by atoms with E-state index in [0.29, 0.717) is 43.6 Å². The van der Waals surface area contributed by atoms with Gasteiger partial charge >= 0.3 is 5.97 Å². The fourth-order valence-corrected chi connectivity index (χ4v) is 5.57. The third-order valence-electron chi connectivity index (χ3n) is 7.62. The van der Waals surface area contributed by atoms with Crippen molar-refractivity contribution in [3.8, 4) is 5.75 Å². The highest BCUT2D eigenvalue weighted by atomic mass is 16.5. The number of amides is 1. The molecule has 0 saturated carbocycles. The molecule has 2 aliphatic heterocycles. The molecule has 0 atom stereocenters. The van der Waals surface area contributed by atoms with E-state index in [1.165, 1.54) is 10.5 Å². The number of hydrogen-bond acceptors (Lipinski definition) is 6. The Bertz CT molecular complexity index is 1310. The van der Waals surface area contributed by atoms with Crippen LogP contribution in [-0.2, 0) is 33.8 Å². The zero-order valence-electron chi connectivity index (χ0n) is 23.4. The highest BCUT2D eigenvalue weighted by Crippen LogP contribution is 2.26. The molecule has 1 fully saturated rings. The first-order valence-corrected chi connectivity index (χ1v) is 14.3. The molecule has 41 heavy (non-hydrogen) atoms. The van der Waals surface area contributed by atoms with Crippen LogP contribution in [0.25, 0.3) is 0 Å². The summed E-state index contributed by atoms with van der Waals surface area (Å²) >= 11 is 0. The number of carbonyl (C=O) groups excluding carboxylic acids is 1. The number of fused-ring (bicyclic) bond motifs is 3. The third-order valence-corrected chi connectivity index (χ3v) is 7.62. The zero-order chi connectivity index (χ0) is 28.4. The van der Waals surface area contributed by atoms with E-state index in [0.717, 1.165) is 55.8 Å². The molecule has 8 nitrogen and oxygen atoms in total. The second kappa shape index (κ2) is 14.3. The van der Waals surface area contributed by atoms with Crippen LogP contribution in [0.1, 0.15) is 45.5 Å². The highest BCUT2D eigenvalue weighted by molar-refractivity contribution is 5.96. The van der Waals surface area contributed by atoms with E-state index in [2.05, 4.69) is 29.2 Å². The lowest BCUT2D eigenvalue weighted by atomic mass is 9.99. The lowest BCUT2D eigenvalue weighted by Gasteiger charge is -2.34. The Labute approximate surface area is 241 Å². The predicted molar refractivity (Wildman–Crippen MR) is 155 cm³/mol. The van der Waals surface area contributed by atoms with Gasteiger partial charge in [0.15, 0.2) is 0 Å². The maximum atomic E-state index is 13.6. The van der Waals surface area contributed by atoms with Crippen molar-refractivity contribution in [2.24, 2.45) is 0 Å². The van der Waals surface area contributed by atoms with Crippen LogP contribution in [0.3, 0.4) is 0 Å². The van der Waals surface area contributed by atoms with Crippen LogP contribution < -0.4 is 4.74 Å². The number of carboxylic acids is 1. The van der Waals surface area contributed by atoms with Crippen LogP contribution in [0.4, 0.5) is 0 Å². The number of ether oxygens (including phenoxy) is 3. The number of hydrogen-bond donors (Lipinski definition) is 1. The maximum Gasteiger partial charge on any atom is 0.323 e. The molecule has 0 unspecified atom stereocenters. The normalized spacial score (nSPS) is 17.1. The van der Waals surface area contributed by atoms with Crippen molar-refractivity contribution in [1.82, 2.24) is 9.80 Å². The summed E-state index contributed by atoms with van der Waals surface area (Å²) in [7, 11) is 0. The van der Waals surface area contributed by atoms with E-state index >= 15 is 0 Å². The van der Waals surface area contributed by atoms with Gasteiger partial charge in [-0.15, -0.1) is 0 Å². The first-order valence-electron chi connectivity index (χ1n) is 14.3. The second-order valence-corrected chi connectivity index (χ2v) is 10.6. The highest BCUT2D eigenvalue weighted by Gasteiger charge is 2.23. The van der Waals surface area contributed by atoms with Crippen LogP contribution in [0.15, 0.2) is 72.8 Å². The fraction of sp³-hybridized carbons (Fsp3) is 0.394. The Kier molecular flexibility index (Phi) is 10.0. The van der Waals surface area contributed by atoms with Crippen molar-refractivity contribution in [2.45, 2.75) is 38.4 Å². The van der Waals surface area contributed by atoms with Crippen LogP contribution in [-0.4, -0.2) is 78.9 Å². The molecule has 3 aromatic rings. The summed E-state index contributed by atoms with van der Waals surface area (Å²) in [5, 5.41) is 9.51. The van der Waals surface area contributed by atoms with Crippen LogP contribution in [0.5, 0.6) is 5.75 Å². The van der Waals surface area contributed by atoms with Crippen molar-refractivity contribution in [3.05, 3.63) is 101 Å². The van der Waals surface area contributed by atoms with Gasteiger partial charge in [-0.05, 0) is 53.3 Å². The molecule has 8 heteroatoms. The summed E-state index contributed by atoms with van der Waals surface area (Å²) < 4.78 is 17.7. The molecule has 2 bridgehead atoms. The Balaban J connectivity index is 1.40. The smallest absolute Gasteiger partial charge is 0.323 e. The average molecular weight is 559 g/mol. The summed E-state index contributed by atoms with van der Waals surface area (Å²) in [5.74, 6) is -0.686. The van der Waals surface area contributed by atoms with Crippen molar-refractivity contribution >= 4 is 11.9 Å². The summed E-state index contributed by atoms with van der Waals surface area (Å²) in [6, 6.07) is 23.8. The van der Waals surface area contributed by atoms with Crippen molar-refractivity contribution < 1.29 is 28.9 Å². The van der Waals surface area contributed by atoms with Crippen LogP contribution >= 0.6 is 0 Å². The molecule has 1 amide bonds. The Morgan fingerprint density at radius 1 is 0.854 bits per heavy atom. The molecule has 0 aromatic heterocycles. The molecule has 1 saturated heterocycles. The van der Waals surface area contributed by atoms with Crippen molar-refractivity contribution in [3.63, 3.8) is 0 Å². The third kappa shape index (κ3) is 8.16. The van der Waals surface area contributed by atoms with Gasteiger partial charge in [0.2, 0.25) is 0 Å². The SMILES string of the molecule is O=C(O)CN(Cc1ccccc1)C(=O)c1ccc2c(c1)Cc1cccc(c1)CN(C1CCOCC1)CCOCCO2. The molecule has 5 rings (SSSR count). The van der Waals surface area contributed by atoms with Gasteiger partial charge in [0.1, 0.15) is 18.9 Å². The molecule has 0 radical (unpaired) electrons. The van der Waals surface area contributed by atoms with Gasteiger partial charge in [-0.25, -0.2) is 0 Å². The van der Waals surface area contributed by atoms with Gasteiger partial charge in [0, 0.05) is 50.9 Å². The Hall–Kier alpha value is -3.72. The molecule has 1 N–H and O–H groups in total. The monoisotopic (exact) mass is 558 g/mol. The molecule has 216 valence electrons. The van der Waals surface area contributed by atoms with E-state index in [9.17, 15) is 14.7 Å². The predicted octanol–water partition coefficient (Wildman–Crippen LogP) is 4.39. The molecule has 3 aromatic carbocycles. The number of carboxylic acid groups (broad SMARTS) is 1. The molecule has 0 aliphatic carbocycles. The van der Waals surface area contributed by atoms with Gasteiger partial charge in [0.05, 0.1) is 13.2 Å². The van der Waals surface area contributed by atoms with Gasteiger partial charge in [-0.3, -0.25) is 14.5 Å². The Morgan fingerprint density at radius 3 is 2.44 bits per heavy atom. The summed E-state index contributed by atoms with van der Waals surface area (Å²) in [4.78, 5) is 29.1. The summed E-state index contributed by atoms with van der Waals surface area (Å²) in [6.45, 7) is 4.60. The van der Waals surface area contributed by atoms with E-state index < -0.39 is 5.97 Å². The van der Waals surface area contributed by atoms with Gasteiger partial charge in [-0.2, -0.15) is 0 Å². The fourth-order valence-electron chi connectivity index (χ4n) is 5.57. The number of carbonyl (C=O) groups is 2. The largest absolute Gasteiger partial charge is 0.491 e. The first kappa shape index (κ1) is 28.8. The van der Waals surface area contributed by atoms with E-state index in [1.54, 1.807) is 6.07 Å². The summed E-state index contributed by atoms with van der Waals surface area (Å²) in [6.07, 6.45) is 2.63.